The zero-order valence-electron chi connectivity index (χ0n) is 17.7. The highest BCUT2D eigenvalue weighted by Gasteiger charge is 2.43. The van der Waals surface area contributed by atoms with Crippen molar-refractivity contribution >= 4 is 45.7 Å². The van der Waals surface area contributed by atoms with Crippen LogP contribution in [0.25, 0.3) is 10.9 Å². The standard InChI is InChI=1S/C26H19Cl2N3O2/c1-15(32)30-14-20(18-9-5-6-10-23(18)30)26-31-24(13-22(29-31)16-7-3-2-4-8-16)19-11-17(27)12-21(28)25(19)33-26/h2-12,14,24,26H,13H2,1H3/t24-,26-/m0/s1. The lowest BCUT2D eigenvalue weighted by Crippen LogP contribution is -2.33. The summed E-state index contributed by atoms with van der Waals surface area (Å²) < 4.78 is 8.16. The van der Waals surface area contributed by atoms with E-state index >= 15 is 0 Å². The van der Waals surface area contributed by atoms with Crippen molar-refractivity contribution in [3.63, 3.8) is 0 Å². The molecule has 0 aliphatic carbocycles. The van der Waals surface area contributed by atoms with E-state index < -0.39 is 6.23 Å². The first-order valence-electron chi connectivity index (χ1n) is 10.7. The first-order chi connectivity index (χ1) is 16.0. The predicted molar refractivity (Wildman–Crippen MR) is 130 cm³/mol. The second-order valence-corrected chi connectivity index (χ2v) is 9.12. The molecule has 0 fully saturated rings. The van der Waals surface area contributed by atoms with Gasteiger partial charge < -0.3 is 4.74 Å². The van der Waals surface area contributed by atoms with Crippen LogP contribution in [-0.4, -0.2) is 21.2 Å². The molecule has 2 aliphatic heterocycles. The quantitative estimate of drug-likeness (QED) is 0.318. The maximum atomic E-state index is 12.4. The number of carbonyl (C=O) groups excluding carboxylic acids is 1. The van der Waals surface area contributed by atoms with Crippen LogP contribution < -0.4 is 4.74 Å². The number of carbonyl (C=O) groups is 1. The van der Waals surface area contributed by atoms with Crippen LogP contribution in [0.4, 0.5) is 0 Å². The molecule has 3 heterocycles. The summed E-state index contributed by atoms with van der Waals surface area (Å²) >= 11 is 13.0. The summed E-state index contributed by atoms with van der Waals surface area (Å²) in [6, 6.07) is 21.4. The van der Waals surface area contributed by atoms with E-state index in [1.807, 2.05) is 59.7 Å². The number of hydrogen-bond donors (Lipinski definition) is 0. The van der Waals surface area contributed by atoms with E-state index in [9.17, 15) is 4.79 Å². The van der Waals surface area contributed by atoms with Gasteiger partial charge in [-0.3, -0.25) is 9.36 Å². The molecule has 4 aromatic rings. The number of fused-ring (bicyclic) bond motifs is 4. The van der Waals surface area contributed by atoms with Gasteiger partial charge in [-0.15, -0.1) is 0 Å². The Hall–Kier alpha value is -3.28. The highest BCUT2D eigenvalue weighted by atomic mass is 35.5. The molecule has 0 N–H and O–H groups in total. The van der Waals surface area contributed by atoms with E-state index in [4.69, 9.17) is 33.0 Å². The lowest BCUT2D eigenvalue weighted by Gasteiger charge is -2.38. The van der Waals surface area contributed by atoms with Crippen LogP contribution in [0.5, 0.6) is 5.75 Å². The summed E-state index contributed by atoms with van der Waals surface area (Å²) in [4.78, 5) is 12.4. The van der Waals surface area contributed by atoms with E-state index in [0.717, 1.165) is 33.3 Å². The lowest BCUT2D eigenvalue weighted by molar-refractivity contribution is -0.0180. The van der Waals surface area contributed by atoms with E-state index in [1.165, 1.54) is 0 Å². The molecule has 6 rings (SSSR count). The Morgan fingerprint density at radius 2 is 1.79 bits per heavy atom. The van der Waals surface area contributed by atoms with Crippen LogP contribution in [0.2, 0.25) is 10.0 Å². The number of ether oxygens (including phenoxy) is 1. The Kier molecular flexibility index (Phi) is 4.71. The lowest BCUT2D eigenvalue weighted by atomic mass is 9.96. The van der Waals surface area contributed by atoms with E-state index in [2.05, 4.69) is 12.1 Å². The van der Waals surface area contributed by atoms with Gasteiger partial charge in [-0.2, -0.15) is 5.10 Å². The number of aromatic nitrogens is 1. The highest BCUT2D eigenvalue weighted by Crippen LogP contribution is 2.51. The minimum absolute atomic E-state index is 0.0649. The van der Waals surface area contributed by atoms with Crippen LogP contribution >= 0.6 is 23.2 Å². The Balaban J connectivity index is 1.56. The van der Waals surface area contributed by atoms with E-state index in [0.29, 0.717) is 22.2 Å². The molecule has 164 valence electrons. The molecule has 0 radical (unpaired) electrons. The molecular weight excluding hydrogens is 457 g/mol. The summed E-state index contributed by atoms with van der Waals surface area (Å²) in [6.45, 7) is 1.55. The third-order valence-electron chi connectivity index (χ3n) is 6.26. The number of para-hydroxylation sites is 1. The van der Waals surface area contributed by atoms with Gasteiger partial charge in [-0.1, -0.05) is 71.7 Å². The fourth-order valence-electron chi connectivity index (χ4n) is 4.79. The van der Waals surface area contributed by atoms with E-state index in [1.54, 1.807) is 17.6 Å². The second kappa shape index (κ2) is 7.65. The number of halogens is 2. The molecule has 0 saturated carbocycles. The van der Waals surface area contributed by atoms with Gasteiger partial charge in [0.05, 0.1) is 22.3 Å². The van der Waals surface area contributed by atoms with Crippen LogP contribution in [0.15, 0.2) is 78.0 Å². The molecule has 2 atom stereocenters. The normalized spacial score (nSPS) is 19.1. The van der Waals surface area contributed by atoms with Crippen molar-refractivity contribution in [1.82, 2.24) is 9.58 Å². The number of rotatable bonds is 2. The number of hydrazone groups is 1. The van der Waals surface area contributed by atoms with Crippen molar-refractivity contribution in [3.05, 3.63) is 99.7 Å². The average Bonchev–Trinajstić information content (AvgIpc) is 3.42. The summed E-state index contributed by atoms with van der Waals surface area (Å²) in [5, 5.41) is 8.94. The van der Waals surface area contributed by atoms with Gasteiger partial charge in [-0.05, 0) is 23.8 Å². The summed E-state index contributed by atoms with van der Waals surface area (Å²) in [5.41, 5.74) is 4.63. The van der Waals surface area contributed by atoms with E-state index in [-0.39, 0.29) is 11.9 Å². The fraction of sp³-hybridized carbons (Fsp3) is 0.154. The minimum Gasteiger partial charge on any atom is -0.463 e. The number of nitrogens with zero attached hydrogens (tertiary/aromatic N) is 3. The predicted octanol–water partition coefficient (Wildman–Crippen LogP) is 6.85. The largest absolute Gasteiger partial charge is 0.463 e. The van der Waals surface area contributed by atoms with Crippen molar-refractivity contribution in [1.29, 1.82) is 0 Å². The molecule has 0 spiro atoms. The first-order valence-corrected chi connectivity index (χ1v) is 11.4. The minimum atomic E-state index is -0.548. The van der Waals surface area contributed by atoms with Gasteiger partial charge in [0.15, 0.2) is 0 Å². The molecule has 0 saturated heterocycles. The van der Waals surface area contributed by atoms with Crippen LogP contribution in [0.3, 0.4) is 0 Å². The highest BCUT2D eigenvalue weighted by molar-refractivity contribution is 6.35. The Bertz CT molecular complexity index is 1440. The van der Waals surface area contributed by atoms with Gasteiger partial charge in [0.2, 0.25) is 12.1 Å². The second-order valence-electron chi connectivity index (χ2n) is 8.28. The first kappa shape index (κ1) is 20.3. The van der Waals surface area contributed by atoms with Gasteiger partial charge >= 0.3 is 0 Å². The SMILES string of the molecule is CC(=O)n1cc([C@@H]2Oc3c(Cl)cc(Cl)cc3[C@@H]3CC(c4ccccc4)=NN32)c2ccccc21. The summed E-state index contributed by atoms with van der Waals surface area (Å²) in [7, 11) is 0. The van der Waals surface area contributed by atoms with Crippen molar-refractivity contribution in [3.8, 4) is 5.75 Å². The van der Waals surface area contributed by atoms with Crippen molar-refractivity contribution in [2.24, 2.45) is 5.10 Å². The zero-order chi connectivity index (χ0) is 22.7. The van der Waals surface area contributed by atoms with Crippen LogP contribution in [-0.2, 0) is 0 Å². The molecule has 2 aliphatic rings. The molecular formula is C26H19Cl2N3O2. The van der Waals surface area contributed by atoms with Crippen molar-refractivity contribution < 1.29 is 9.53 Å². The van der Waals surface area contributed by atoms with Crippen molar-refractivity contribution in [2.45, 2.75) is 25.6 Å². The molecule has 0 amide bonds. The Morgan fingerprint density at radius 3 is 2.58 bits per heavy atom. The van der Waals surface area contributed by atoms with Crippen LogP contribution in [0.1, 0.15) is 47.1 Å². The van der Waals surface area contributed by atoms with Gasteiger partial charge in [0, 0.05) is 41.1 Å². The Labute approximate surface area is 200 Å². The molecule has 1 aromatic heterocycles. The average molecular weight is 476 g/mol. The van der Waals surface area contributed by atoms with Gasteiger partial charge in [-0.25, -0.2) is 5.01 Å². The molecule has 7 heteroatoms. The molecule has 3 aromatic carbocycles. The fourth-order valence-corrected chi connectivity index (χ4v) is 5.34. The monoisotopic (exact) mass is 475 g/mol. The zero-order valence-corrected chi connectivity index (χ0v) is 19.2. The van der Waals surface area contributed by atoms with Crippen LogP contribution in [0, 0.1) is 0 Å². The molecule has 0 unspecified atom stereocenters. The summed E-state index contributed by atoms with van der Waals surface area (Å²) in [6.07, 6.45) is 1.99. The third-order valence-corrected chi connectivity index (χ3v) is 6.76. The van der Waals surface area contributed by atoms with Gasteiger partial charge in [0.1, 0.15) is 5.75 Å². The maximum Gasteiger partial charge on any atom is 0.227 e. The maximum absolute atomic E-state index is 12.4. The number of benzene rings is 3. The van der Waals surface area contributed by atoms with Gasteiger partial charge in [0.25, 0.3) is 0 Å². The topological polar surface area (TPSA) is 46.8 Å². The molecule has 0 bridgehead atoms. The van der Waals surface area contributed by atoms with Crippen molar-refractivity contribution in [2.75, 3.05) is 0 Å². The molecule has 33 heavy (non-hydrogen) atoms. The smallest absolute Gasteiger partial charge is 0.227 e. The number of hydrogen-bond acceptors (Lipinski definition) is 4. The summed E-state index contributed by atoms with van der Waals surface area (Å²) in [5.74, 6) is 0.543. The third kappa shape index (κ3) is 3.23. The molecule has 5 nitrogen and oxygen atoms in total. The Morgan fingerprint density at radius 1 is 1.03 bits per heavy atom.